The van der Waals surface area contributed by atoms with Gasteiger partial charge in [-0.1, -0.05) is 42.5 Å². The molecule has 1 heterocycles. The molecule has 1 aliphatic rings. The highest BCUT2D eigenvalue weighted by Crippen LogP contribution is 2.17. The van der Waals surface area contributed by atoms with Crippen LogP contribution < -0.4 is 20.7 Å². The Kier molecular flexibility index (Phi) is 10.2. The number of methoxy groups -OCH3 is 1. The summed E-state index contributed by atoms with van der Waals surface area (Å²) in [5.41, 5.74) is 0.393. The van der Waals surface area contributed by atoms with Crippen LogP contribution in [0.1, 0.15) is 38.3 Å². The summed E-state index contributed by atoms with van der Waals surface area (Å²) in [6, 6.07) is 13.5. The van der Waals surface area contributed by atoms with E-state index in [1.54, 1.807) is 31.4 Å². The number of rotatable bonds is 14. The summed E-state index contributed by atoms with van der Waals surface area (Å²) >= 11 is 0. The number of hydrogen-bond acceptors (Lipinski definition) is 7. The molecule has 1 aliphatic heterocycles. The van der Waals surface area contributed by atoms with Gasteiger partial charge in [0.25, 0.3) is 0 Å². The second kappa shape index (κ2) is 13.3. The SMILES string of the molecule is COc1ccc(C[C@H](NC(=O)[C@@H](C)NC(=O)CC(C)(C)O)C(=O)N[C@@H](Cc2ccccc2)C(=O)[C@H]2CO2)cc1. The molecule has 0 aliphatic carbocycles. The van der Waals surface area contributed by atoms with Crippen LogP contribution in [0.5, 0.6) is 5.75 Å². The molecule has 2 aromatic carbocycles. The van der Waals surface area contributed by atoms with Crippen molar-refractivity contribution in [1.29, 1.82) is 0 Å². The van der Waals surface area contributed by atoms with Crippen molar-refractivity contribution >= 4 is 23.5 Å². The normalized spacial score (nSPS) is 16.8. The second-order valence-electron chi connectivity index (χ2n) is 10.4. The monoisotopic (exact) mass is 539 g/mol. The fourth-order valence-corrected chi connectivity index (χ4v) is 4.04. The van der Waals surface area contributed by atoms with Gasteiger partial charge >= 0.3 is 0 Å². The molecule has 10 nitrogen and oxygen atoms in total. The topological polar surface area (TPSA) is 146 Å². The van der Waals surface area contributed by atoms with Gasteiger partial charge in [-0.2, -0.15) is 0 Å². The van der Waals surface area contributed by atoms with E-state index in [-0.39, 0.29) is 25.0 Å². The first-order valence-corrected chi connectivity index (χ1v) is 12.9. The molecule has 4 atom stereocenters. The van der Waals surface area contributed by atoms with E-state index in [4.69, 9.17) is 9.47 Å². The van der Waals surface area contributed by atoms with Gasteiger partial charge in [-0.25, -0.2) is 0 Å². The van der Waals surface area contributed by atoms with Crippen LogP contribution in [0, 0.1) is 0 Å². The van der Waals surface area contributed by atoms with E-state index in [1.165, 1.54) is 20.8 Å². The Labute approximate surface area is 228 Å². The second-order valence-corrected chi connectivity index (χ2v) is 10.4. The van der Waals surface area contributed by atoms with Gasteiger partial charge in [-0.3, -0.25) is 19.2 Å². The largest absolute Gasteiger partial charge is 0.497 e. The fraction of sp³-hybridized carbons (Fsp3) is 0.448. The first kappa shape index (κ1) is 29.8. The van der Waals surface area contributed by atoms with Crippen LogP contribution in [-0.4, -0.2) is 72.2 Å². The van der Waals surface area contributed by atoms with Crippen LogP contribution in [0.4, 0.5) is 0 Å². The molecule has 0 bridgehead atoms. The molecule has 0 saturated carbocycles. The number of benzene rings is 2. The number of ketones is 1. The minimum Gasteiger partial charge on any atom is -0.497 e. The van der Waals surface area contributed by atoms with E-state index in [9.17, 15) is 24.3 Å². The van der Waals surface area contributed by atoms with Crippen molar-refractivity contribution in [3.8, 4) is 5.75 Å². The molecule has 10 heteroatoms. The van der Waals surface area contributed by atoms with E-state index < -0.39 is 47.6 Å². The molecule has 0 aromatic heterocycles. The van der Waals surface area contributed by atoms with E-state index in [2.05, 4.69) is 16.0 Å². The molecule has 3 amide bonds. The van der Waals surface area contributed by atoms with Gasteiger partial charge in [0.15, 0.2) is 5.78 Å². The van der Waals surface area contributed by atoms with Crippen molar-refractivity contribution < 1.29 is 33.8 Å². The molecule has 210 valence electrons. The van der Waals surface area contributed by atoms with Crippen LogP contribution in [0.2, 0.25) is 0 Å². The molecular weight excluding hydrogens is 502 g/mol. The number of nitrogens with one attached hydrogen (secondary N) is 3. The third kappa shape index (κ3) is 9.81. The average molecular weight is 540 g/mol. The molecular formula is C29H37N3O7. The van der Waals surface area contributed by atoms with E-state index in [0.717, 1.165) is 11.1 Å². The number of hydrogen-bond donors (Lipinski definition) is 4. The number of carbonyl (C=O) groups excluding carboxylic acids is 4. The van der Waals surface area contributed by atoms with Gasteiger partial charge in [0.2, 0.25) is 17.7 Å². The lowest BCUT2D eigenvalue weighted by Crippen LogP contribution is -2.56. The number of ether oxygens (including phenoxy) is 2. The third-order valence-corrected chi connectivity index (χ3v) is 6.19. The minimum absolute atomic E-state index is 0.137. The van der Waals surface area contributed by atoms with E-state index >= 15 is 0 Å². The number of amides is 3. The standard InChI is InChI=1S/C29H37N3O7/c1-18(30-25(33)16-29(2,3)37)27(35)32-23(15-20-10-12-21(38-4)13-11-20)28(36)31-22(26(34)24-17-39-24)14-19-8-6-5-7-9-19/h5-13,18,22-24,37H,14-17H2,1-4H3,(H,30,33)(H,31,36)(H,32,35)/t18-,22+,23+,24-/m1/s1. The van der Waals surface area contributed by atoms with Gasteiger partial charge < -0.3 is 30.5 Å². The number of Topliss-reactive ketones (excluding diaryl/α,β-unsaturated/α-hetero) is 1. The Hall–Kier alpha value is -3.76. The highest BCUT2D eigenvalue weighted by atomic mass is 16.6. The molecule has 0 radical (unpaired) electrons. The summed E-state index contributed by atoms with van der Waals surface area (Å²) in [6.07, 6.45) is -0.331. The quantitative estimate of drug-likeness (QED) is 0.263. The van der Waals surface area contributed by atoms with Crippen LogP contribution in [0.3, 0.4) is 0 Å². The first-order valence-electron chi connectivity index (χ1n) is 12.9. The molecule has 0 unspecified atom stereocenters. The zero-order chi connectivity index (χ0) is 28.6. The van der Waals surface area contributed by atoms with Crippen LogP contribution in [0.25, 0.3) is 0 Å². The predicted octanol–water partition coefficient (Wildman–Crippen LogP) is 1.08. The van der Waals surface area contributed by atoms with Crippen molar-refractivity contribution in [2.24, 2.45) is 0 Å². The lowest BCUT2D eigenvalue weighted by molar-refractivity contribution is -0.134. The van der Waals surface area contributed by atoms with Crippen molar-refractivity contribution in [2.45, 2.75) is 69.9 Å². The summed E-state index contributed by atoms with van der Waals surface area (Å²) in [5, 5.41) is 18.0. The summed E-state index contributed by atoms with van der Waals surface area (Å²) in [4.78, 5) is 51.7. The summed E-state index contributed by atoms with van der Waals surface area (Å²) < 4.78 is 10.4. The van der Waals surface area contributed by atoms with Gasteiger partial charge in [-0.05, 0) is 50.5 Å². The Bertz CT molecular complexity index is 1140. The lowest BCUT2D eigenvalue weighted by atomic mass is 9.99. The third-order valence-electron chi connectivity index (χ3n) is 6.19. The maximum atomic E-state index is 13.5. The van der Waals surface area contributed by atoms with Crippen molar-refractivity contribution in [3.63, 3.8) is 0 Å². The van der Waals surface area contributed by atoms with Crippen LogP contribution >= 0.6 is 0 Å². The Balaban J connectivity index is 1.76. The van der Waals surface area contributed by atoms with Crippen molar-refractivity contribution in [2.75, 3.05) is 13.7 Å². The molecule has 39 heavy (non-hydrogen) atoms. The van der Waals surface area contributed by atoms with Gasteiger partial charge in [0.1, 0.15) is 23.9 Å². The highest BCUT2D eigenvalue weighted by Gasteiger charge is 2.38. The maximum Gasteiger partial charge on any atom is 0.243 e. The smallest absolute Gasteiger partial charge is 0.243 e. The van der Waals surface area contributed by atoms with Gasteiger partial charge in [0.05, 0.1) is 31.8 Å². The summed E-state index contributed by atoms with van der Waals surface area (Å²) in [6.45, 7) is 4.79. The lowest BCUT2D eigenvalue weighted by Gasteiger charge is -2.25. The van der Waals surface area contributed by atoms with Gasteiger partial charge in [0, 0.05) is 6.42 Å². The van der Waals surface area contributed by atoms with Crippen LogP contribution in [-0.2, 0) is 36.8 Å². The molecule has 0 spiro atoms. The fourth-order valence-electron chi connectivity index (χ4n) is 4.04. The van der Waals surface area contributed by atoms with Crippen LogP contribution in [0.15, 0.2) is 54.6 Å². The molecule has 1 fully saturated rings. The van der Waals surface area contributed by atoms with Crippen molar-refractivity contribution in [1.82, 2.24) is 16.0 Å². The van der Waals surface area contributed by atoms with E-state index in [0.29, 0.717) is 12.4 Å². The number of carbonyl (C=O) groups is 4. The number of aliphatic hydroxyl groups is 1. The summed E-state index contributed by atoms with van der Waals surface area (Å²) in [5.74, 6) is -1.20. The Morgan fingerprint density at radius 1 is 0.923 bits per heavy atom. The Morgan fingerprint density at radius 2 is 1.49 bits per heavy atom. The van der Waals surface area contributed by atoms with Crippen molar-refractivity contribution in [3.05, 3.63) is 65.7 Å². The first-order chi connectivity index (χ1) is 18.4. The Morgan fingerprint density at radius 3 is 2.05 bits per heavy atom. The zero-order valence-corrected chi connectivity index (χ0v) is 22.7. The maximum absolute atomic E-state index is 13.5. The molecule has 4 N–H and O–H groups in total. The van der Waals surface area contributed by atoms with E-state index in [1.807, 2.05) is 30.3 Å². The highest BCUT2D eigenvalue weighted by molar-refractivity contribution is 5.96. The number of epoxide rings is 1. The minimum atomic E-state index is -1.23. The predicted molar refractivity (Wildman–Crippen MR) is 144 cm³/mol. The van der Waals surface area contributed by atoms with Gasteiger partial charge in [-0.15, -0.1) is 0 Å². The summed E-state index contributed by atoms with van der Waals surface area (Å²) in [7, 11) is 1.55. The average Bonchev–Trinajstić information content (AvgIpc) is 3.73. The zero-order valence-electron chi connectivity index (χ0n) is 22.7. The molecule has 2 aromatic rings. The molecule has 1 saturated heterocycles. The molecule has 3 rings (SSSR count).